The van der Waals surface area contributed by atoms with E-state index >= 15 is 0 Å². The molecule has 0 aliphatic carbocycles. The summed E-state index contributed by atoms with van der Waals surface area (Å²) in [4.78, 5) is 30.9. The maximum atomic E-state index is 13.5. The fourth-order valence-electron chi connectivity index (χ4n) is 5.82. The summed E-state index contributed by atoms with van der Waals surface area (Å²) in [7, 11) is 5.20. The van der Waals surface area contributed by atoms with Crippen LogP contribution < -0.4 is 20.7 Å². The van der Waals surface area contributed by atoms with Gasteiger partial charge in [-0.3, -0.25) is 10.2 Å². The Balaban J connectivity index is 1.36. The number of fused-ring (bicyclic) bond motifs is 1. The molecule has 0 bridgehead atoms. The Morgan fingerprint density at radius 2 is 1.42 bits per heavy atom. The molecule has 48 heavy (non-hydrogen) atoms. The smallest absolute Gasteiger partial charge is 0.411 e. The highest BCUT2D eigenvalue weighted by Crippen LogP contribution is 2.39. The predicted octanol–water partition coefficient (Wildman–Crippen LogP) is 7.40. The molecule has 3 N–H and O–H groups in total. The van der Waals surface area contributed by atoms with Gasteiger partial charge in [-0.1, -0.05) is 75.4 Å². The van der Waals surface area contributed by atoms with Crippen LogP contribution in [0.15, 0.2) is 72.8 Å². The SMILES string of the molecule is COCCOC(=O)Nc1cc(C(C)(C)C)cc(NC(=O)Nc2ccc(-c3ccc(CN4CCN(C)CC4)cc3)c3ccccc23)c1OC. The molecule has 4 aromatic rings. The van der Waals surface area contributed by atoms with Gasteiger partial charge in [-0.05, 0) is 58.3 Å². The number of amides is 3. The number of nitrogens with zero attached hydrogens (tertiary/aromatic N) is 2. The quantitative estimate of drug-likeness (QED) is 0.153. The lowest BCUT2D eigenvalue weighted by Gasteiger charge is -2.32. The summed E-state index contributed by atoms with van der Waals surface area (Å²) in [6.07, 6.45) is -0.650. The van der Waals surface area contributed by atoms with Crippen molar-refractivity contribution >= 4 is 40.0 Å². The van der Waals surface area contributed by atoms with E-state index in [1.807, 2.05) is 63.2 Å². The standard InChI is InChI=1S/C38H47N5O5/c1-38(2,3)28-23-33(35(47-6)34(24-28)41-37(45)48-22-21-46-5)40-36(44)39-32-16-15-29(30-9-7-8-10-31(30)32)27-13-11-26(12-14-27)25-43-19-17-42(4)18-20-43/h7-16,23-24H,17-22,25H2,1-6H3,(H,41,45)(H2,39,40,44). The van der Waals surface area contributed by atoms with Gasteiger partial charge in [-0.2, -0.15) is 0 Å². The monoisotopic (exact) mass is 653 g/mol. The van der Waals surface area contributed by atoms with E-state index in [1.54, 1.807) is 0 Å². The summed E-state index contributed by atoms with van der Waals surface area (Å²) >= 11 is 0. The molecule has 1 saturated heterocycles. The molecule has 0 spiro atoms. The summed E-state index contributed by atoms with van der Waals surface area (Å²) in [6, 6.07) is 24.1. The minimum absolute atomic E-state index is 0.103. The molecular formula is C38H47N5O5. The molecule has 10 nitrogen and oxygen atoms in total. The maximum absolute atomic E-state index is 13.5. The van der Waals surface area contributed by atoms with Gasteiger partial charge in [-0.15, -0.1) is 0 Å². The summed E-state index contributed by atoms with van der Waals surface area (Å²) in [6.45, 7) is 11.9. The van der Waals surface area contributed by atoms with Crippen molar-refractivity contribution in [3.8, 4) is 16.9 Å². The number of methoxy groups -OCH3 is 2. The normalized spacial score (nSPS) is 14.0. The zero-order valence-corrected chi connectivity index (χ0v) is 28.8. The largest absolute Gasteiger partial charge is 0.492 e. The molecular weight excluding hydrogens is 606 g/mol. The Labute approximate surface area is 283 Å². The number of urea groups is 1. The number of likely N-dealkylation sites (N-methyl/N-ethyl adjacent to an activating group) is 1. The summed E-state index contributed by atoms with van der Waals surface area (Å²) in [5, 5.41) is 10.7. The Kier molecular flexibility index (Phi) is 11.2. The molecule has 10 heteroatoms. The van der Waals surface area contributed by atoms with E-state index in [1.165, 1.54) is 19.8 Å². The van der Waals surface area contributed by atoms with E-state index in [0.29, 0.717) is 22.8 Å². The fraction of sp³-hybridized carbons (Fsp3) is 0.368. The van der Waals surface area contributed by atoms with Crippen LogP contribution in [0.2, 0.25) is 0 Å². The lowest BCUT2D eigenvalue weighted by Crippen LogP contribution is -2.43. The van der Waals surface area contributed by atoms with Gasteiger partial charge in [-0.25, -0.2) is 9.59 Å². The molecule has 4 aromatic carbocycles. The zero-order chi connectivity index (χ0) is 34.3. The van der Waals surface area contributed by atoms with Crippen LogP contribution in [0.4, 0.5) is 26.7 Å². The minimum Gasteiger partial charge on any atom is -0.492 e. The van der Waals surface area contributed by atoms with E-state index < -0.39 is 12.1 Å². The molecule has 1 aliphatic rings. The number of benzene rings is 4. The van der Waals surface area contributed by atoms with Crippen molar-refractivity contribution in [2.45, 2.75) is 32.7 Å². The van der Waals surface area contributed by atoms with Crippen LogP contribution >= 0.6 is 0 Å². The molecule has 1 aliphatic heterocycles. The first-order valence-electron chi connectivity index (χ1n) is 16.3. The Morgan fingerprint density at radius 1 is 0.771 bits per heavy atom. The van der Waals surface area contributed by atoms with Gasteiger partial charge in [0.15, 0.2) is 5.75 Å². The molecule has 1 heterocycles. The van der Waals surface area contributed by atoms with E-state index in [2.05, 4.69) is 63.1 Å². The van der Waals surface area contributed by atoms with Gasteiger partial charge >= 0.3 is 12.1 Å². The van der Waals surface area contributed by atoms with Crippen LogP contribution in [0.3, 0.4) is 0 Å². The van der Waals surface area contributed by atoms with Crippen LogP contribution in [-0.4, -0.2) is 82.6 Å². The van der Waals surface area contributed by atoms with Crippen molar-refractivity contribution in [2.75, 3.05) is 76.6 Å². The third-order valence-corrected chi connectivity index (χ3v) is 8.60. The van der Waals surface area contributed by atoms with Gasteiger partial charge < -0.3 is 29.7 Å². The van der Waals surface area contributed by atoms with Crippen molar-refractivity contribution in [3.05, 3.63) is 83.9 Å². The van der Waals surface area contributed by atoms with Gasteiger partial charge in [0.25, 0.3) is 0 Å². The number of hydrogen-bond donors (Lipinski definition) is 3. The highest BCUT2D eigenvalue weighted by molar-refractivity contribution is 6.10. The number of rotatable bonds is 10. The Bertz CT molecular complexity index is 1730. The first-order chi connectivity index (χ1) is 23.0. The summed E-state index contributed by atoms with van der Waals surface area (Å²) in [5.41, 5.74) is 5.57. The Hall–Kier alpha value is -4.64. The second-order valence-corrected chi connectivity index (χ2v) is 13.2. The molecule has 254 valence electrons. The molecule has 0 saturated carbocycles. The fourth-order valence-corrected chi connectivity index (χ4v) is 5.82. The second kappa shape index (κ2) is 15.5. The molecule has 0 atom stereocenters. The third kappa shape index (κ3) is 8.63. The van der Waals surface area contributed by atoms with Crippen molar-refractivity contribution in [1.29, 1.82) is 0 Å². The number of nitrogens with one attached hydrogen (secondary N) is 3. The van der Waals surface area contributed by atoms with Gasteiger partial charge in [0.05, 0.1) is 30.8 Å². The van der Waals surface area contributed by atoms with E-state index in [9.17, 15) is 9.59 Å². The number of anilines is 3. The van der Waals surface area contributed by atoms with Crippen LogP contribution in [-0.2, 0) is 21.4 Å². The summed E-state index contributed by atoms with van der Waals surface area (Å²) < 4.78 is 15.8. The first kappa shape index (κ1) is 34.7. The summed E-state index contributed by atoms with van der Waals surface area (Å²) in [5.74, 6) is 0.304. The average Bonchev–Trinajstić information content (AvgIpc) is 3.06. The van der Waals surface area contributed by atoms with E-state index in [4.69, 9.17) is 14.2 Å². The van der Waals surface area contributed by atoms with Crippen LogP contribution in [0, 0.1) is 0 Å². The first-order valence-corrected chi connectivity index (χ1v) is 16.3. The Morgan fingerprint density at radius 3 is 2.06 bits per heavy atom. The lowest BCUT2D eigenvalue weighted by molar-refractivity contribution is 0.107. The zero-order valence-electron chi connectivity index (χ0n) is 28.8. The van der Waals surface area contributed by atoms with Crippen LogP contribution in [0.1, 0.15) is 31.9 Å². The van der Waals surface area contributed by atoms with Gasteiger partial charge in [0.2, 0.25) is 0 Å². The molecule has 3 amide bonds. The predicted molar refractivity (Wildman–Crippen MR) is 193 cm³/mol. The van der Waals surface area contributed by atoms with Crippen molar-refractivity contribution in [3.63, 3.8) is 0 Å². The topological polar surface area (TPSA) is 104 Å². The molecule has 5 rings (SSSR count). The number of carbonyl (C=O) groups is 2. The van der Waals surface area contributed by atoms with Crippen molar-refractivity contribution < 1.29 is 23.8 Å². The average molecular weight is 654 g/mol. The van der Waals surface area contributed by atoms with Crippen molar-refractivity contribution in [2.24, 2.45) is 0 Å². The number of hydrogen-bond acceptors (Lipinski definition) is 7. The molecule has 1 fully saturated rings. The van der Waals surface area contributed by atoms with E-state index in [-0.39, 0.29) is 18.6 Å². The number of carbonyl (C=O) groups excluding carboxylic acids is 2. The molecule has 0 aromatic heterocycles. The number of piperazine rings is 1. The maximum Gasteiger partial charge on any atom is 0.411 e. The molecule has 0 unspecified atom stereocenters. The number of ether oxygens (including phenoxy) is 3. The van der Waals surface area contributed by atoms with Crippen LogP contribution in [0.5, 0.6) is 5.75 Å². The molecule has 0 radical (unpaired) electrons. The second-order valence-electron chi connectivity index (χ2n) is 13.2. The third-order valence-electron chi connectivity index (χ3n) is 8.60. The highest BCUT2D eigenvalue weighted by atomic mass is 16.6. The van der Waals surface area contributed by atoms with E-state index in [0.717, 1.165) is 60.2 Å². The highest BCUT2D eigenvalue weighted by Gasteiger charge is 2.23. The van der Waals surface area contributed by atoms with Gasteiger partial charge in [0, 0.05) is 45.2 Å². The van der Waals surface area contributed by atoms with Crippen LogP contribution in [0.25, 0.3) is 21.9 Å². The van der Waals surface area contributed by atoms with Crippen molar-refractivity contribution in [1.82, 2.24) is 9.80 Å². The van der Waals surface area contributed by atoms with Gasteiger partial charge in [0.1, 0.15) is 6.61 Å². The minimum atomic E-state index is -0.650. The lowest BCUT2D eigenvalue weighted by atomic mass is 9.86.